The minimum absolute atomic E-state index is 0.00456. The summed E-state index contributed by atoms with van der Waals surface area (Å²) in [4.78, 5) is 21.9. The molecule has 3 heterocycles. The molecular weight excluding hydrogens is 286 g/mol. The molecule has 116 valence electrons. The lowest BCUT2D eigenvalue weighted by molar-refractivity contribution is 0.0987. The summed E-state index contributed by atoms with van der Waals surface area (Å²) in [5, 5.41) is 10.9. The highest BCUT2D eigenvalue weighted by Crippen LogP contribution is 2.38. The Morgan fingerprint density at radius 2 is 2.23 bits per heavy atom. The van der Waals surface area contributed by atoms with Crippen LogP contribution in [0.25, 0.3) is 0 Å². The summed E-state index contributed by atoms with van der Waals surface area (Å²) >= 11 is 0. The van der Waals surface area contributed by atoms with Crippen LogP contribution in [0.1, 0.15) is 65.8 Å². The average Bonchev–Trinajstić information content (AvgIpc) is 2.95. The van der Waals surface area contributed by atoms with Crippen LogP contribution in [0.15, 0.2) is 4.52 Å². The van der Waals surface area contributed by atoms with Gasteiger partial charge >= 0.3 is 0 Å². The van der Waals surface area contributed by atoms with Crippen LogP contribution in [-0.4, -0.2) is 42.7 Å². The predicted octanol–water partition coefficient (Wildman–Crippen LogP) is 0.501. The lowest BCUT2D eigenvalue weighted by atomic mass is 10.2. The number of nitrogens with zero attached hydrogens (tertiary/aromatic N) is 5. The molecule has 9 heteroatoms. The molecular formula is C13H17N7O2. The van der Waals surface area contributed by atoms with E-state index in [2.05, 4.69) is 30.2 Å². The van der Waals surface area contributed by atoms with Gasteiger partial charge in [-0.3, -0.25) is 14.8 Å². The molecule has 0 bridgehead atoms. The first-order valence-corrected chi connectivity index (χ1v) is 7.49. The Labute approximate surface area is 126 Å². The van der Waals surface area contributed by atoms with E-state index in [1.807, 2.05) is 0 Å². The Morgan fingerprint density at radius 1 is 1.36 bits per heavy atom. The molecule has 1 aliphatic carbocycles. The number of rotatable bonds is 5. The van der Waals surface area contributed by atoms with Crippen molar-refractivity contribution < 1.29 is 9.32 Å². The van der Waals surface area contributed by atoms with Crippen molar-refractivity contribution >= 4 is 5.91 Å². The van der Waals surface area contributed by atoms with E-state index in [0.29, 0.717) is 18.4 Å². The van der Waals surface area contributed by atoms with Gasteiger partial charge in [0.15, 0.2) is 5.82 Å². The molecule has 2 aliphatic rings. The Hall–Kier alpha value is -2.29. The Kier molecular flexibility index (Phi) is 3.14. The number of H-pyrrole nitrogens is 1. The second kappa shape index (κ2) is 5.16. The molecule has 1 atom stereocenters. The van der Waals surface area contributed by atoms with Crippen molar-refractivity contribution in [3.05, 3.63) is 23.4 Å². The fourth-order valence-corrected chi connectivity index (χ4v) is 2.86. The van der Waals surface area contributed by atoms with Crippen LogP contribution in [0.2, 0.25) is 0 Å². The maximum Gasteiger partial charge on any atom is 0.290 e. The number of amides is 1. The van der Waals surface area contributed by atoms with Crippen molar-refractivity contribution in [2.24, 2.45) is 5.73 Å². The molecule has 9 nitrogen and oxygen atoms in total. The number of primary amides is 1. The quantitative estimate of drug-likeness (QED) is 0.823. The molecule has 2 fully saturated rings. The number of aromatic nitrogens is 5. The number of nitrogens with two attached hydrogens (primary N) is 1. The van der Waals surface area contributed by atoms with Gasteiger partial charge in [0.05, 0.1) is 12.6 Å². The summed E-state index contributed by atoms with van der Waals surface area (Å²) in [6.07, 6.45) is 4.30. The van der Waals surface area contributed by atoms with E-state index in [1.165, 1.54) is 12.8 Å². The van der Waals surface area contributed by atoms with Gasteiger partial charge in [0.2, 0.25) is 5.89 Å². The zero-order valence-electron chi connectivity index (χ0n) is 12.0. The number of hydrogen-bond acceptors (Lipinski definition) is 7. The molecule has 4 rings (SSSR count). The monoisotopic (exact) mass is 303 g/mol. The third-order valence-corrected chi connectivity index (χ3v) is 4.16. The molecule has 0 aromatic carbocycles. The SMILES string of the molecule is NC(=O)c1noc([C@H]2CCCN2Cc2nc(C3CC3)n[nH]2)n1. The molecule has 1 saturated heterocycles. The van der Waals surface area contributed by atoms with Crippen molar-refractivity contribution in [1.82, 2.24) is 30.2 Å². The molecule has 22 heavy (non-hydrogen) atoms. The van der Waals surface area contributed by atoms with Gasteiger partial charge in [-0.2, -0.15) is 10.1 Å². The van der Waals surface area contributed by atoms with Crippen molar-refractivity contribution in [1.29, 1.82) is 0 Å². The van der Waals surface area contributed by atoms with Crippen LogP contribution in [0.5, 0.6) is 0 Å². The van der Waals surface area contributed by atoms with Crippen molar-refractivity contribution in [2.75, 3.05) is 6.54 Å². The summed E-state index contributed by atoms with van der Waals surface area (Å²) in [5.74, 6) is 1.99. The Morgan fingerprint density at radius 3 is 2.95 bits per heavy atom. The summed E-state index contributed by atoms with van der Waals surface area (Å²) in [7, 11) is 0. The van der Waals surface area contributed by atoms with Gasteiger partial charge < -0.3 is 10.3 Å². The van der Waals surface area contributed by atoms with E-state index in [9.17, 15) is 4.79 Å². The second-order valence-electron chi connectivity index (χ2n) is 5.86. The van der Waals surface area contributed by atoms with E-state index in [0.717, 1.165) is 31.0 Å². The lowest BCUT2D eigenvalue weighted by Gasteiger charge is -2.19. The molecule has 0 radical (unpaired) electrons. The van der Waals surface area contributed by atoms with Gasteiger partial charge in [-0.05, 0) is 32.2 Å². The molecule has 2 aromatic rings. The summed E-state index contributed by atoms with van der Waals surface area (Å²) in [6, 6.07) is -0.00456. The summed E-state index contributed by atoms with van der Waals surface area (Å²) < 4.78 is 5.18. The summed E-state index contributed by atoms with van der Waals surface area (Å²) in [5.41, 5.74) is 5.16. The van der Waals surface area contributed by atoms with E-state index in [1.54, 1.807) is 0 Å². The number of carbonyl (C=O) groups is 1. The molecule has 1 amide bonds. The second-order valence-corrected chi connectivity index (χ2v) is 5.86. The molecule has 0 spiro atoms. The van der Waals surface area contributed by atoms with Gasteiger partial charge in [-0.1, -0.05) is 5.16 Å². The number of nitrogens with one attached hydrogen (secondary N) is 1. The van der Waals surface area contributed by atoms with Gasteiger partial charge in [0.1, 0.15) is 5.82 Å². The number of likely N-dealkylation sites (tertiary alicyclic amines) is 1. The Balaban J connectivity index is 1.48. The summed E-state index contributed by atoms with van der Waals surface area (Å²) in [6.45, 7) is 1.57. The van der Waals surface area contributed by atoms with Crippen LogP contribution in [0.3, 0.4) is 0 Å². The predicted molar refractivity (Wildman–Crippen MR) is 73.6 cm³/mol. The lowest BCUT2D eigenvalue weighted by Crippen LogP contribution is -2.24. The van der Waals surface area contributed by atoms with Crippen LogP contribution in [0.4, 0.5) is 0 Å². The first-order valence-electron chi connectivity index (χ1n) is 7.49. The minimum atomic E-state index is -0.677. The molecule has 2 aromatic heterocycles. The molecule has 1 aliphatic heterocycles. The van der Waals surface area contributed by atoms with Crippen molar-refractivity contribution in [3.63, 3.8) is 0 Å². The van der Waals surface area contributed by atoms with Crippen LogP contribution in [-0.2, 0) is 6.54 Å². The number of carbonyl (C=O) groups excluding carboxylic acids is 1. The molecule has 3 N–H and O–H groups in total. The van der Waals surface area contributed by atoms with Gasteiger partial charge in [0.25, 0.3) is 11.7 Å². The highest BCUT2D eigenvalue weighted by Gasteiger charge is 2.33. The maximum absolute atomic E-state index is 11.1. The largest absolute Gasteiger partial charge is 0.363 e. The van der Waals surface area contributed by atoms with E-state index in [-0.39, 0.29) is 11.9 Å². The van der Waals surface area contributed by atoms with Crippen molar-refractivity contribution in [3.8, 4) is 0 Å². The fourth-order valence-electron chi connectivity index (χ4n) is 2.86. The van der Waals surface area contributed by atoms with Gasteiger partial charge in [-0.25, -0.2) is 4.98 Å². The fraction of sp³-hybridized carbons (Fsp3) is 0.615. The first-order chi connectivity index (χ1) is 10.7. The topological polar surface area (TPSA) is 127 Å². The van der Waals surface area contributed by atoms with Crippen LogP contribution in [0, 0.1) is 0 Å². The van der Waals surface area contributed by atoms with E-state index < -0.39 is 5.91 Å². The maximum atomic E-state index is 11.1. The molecule has 1 saturated carbocycles. The third kappa shape index (κ3) is 2.47. The molecule has 0 unspecified atom stereocenters. The van der Waals surface area contributed by atoms with E-state index >= 15 is 0 Å². The smallest absolute Gasteiger partial charge is 0.290 e. The average molecular weight is 303 g/mol. The van der Waals surface area contributed by atoms with E-state index in [4.69, 9.17) is 10.3 Å². The zero-order valence-corrected chi connectivity index (χ0v) is 12.0. The van der Waals surface area contributed by atoms with Crippen LogP contribution < -0.4 is 5.73 Å². The third-order valence-electron chi connectivity index (χ3n) is 4.16. The number of aromatic amines is 1. The minimum Gasteiger partial charge on any atom is -0.363 e. The van der Waals surface area contributed by atoms with Crippen LogP contribution >= 0.6 is 0 Å². The first kappa shape index (κ1) is 13.4. The van der Waals surface area contributed by atoms with Gasteiger partial charge in [-0.15, -0.1) is 0 Å². The number of hydrogen-bond donors (Lipinski definition) is 2. The standard InChI is InChI=1S/C13H17N7O2/c14-10(21)12-16-13(22-19-12)8-2-1-5-20(8)6-9-15-11(18-17-9)7-3-4-7/h7-8H,1-6H2,(H2,14,21)(H,15,17,18)/t8-/m1/s1. The highest BCUT2D eigenvalue weighted by molar-refractivity contribution is 5.88. The van der Waals surface area contributed by atoms with Gasteiger partial charge in [0, 0.05) is 5.92 Å². The highest BCUT2D eigenvalue weighted by atomic mass is 16.5. The normalized spacial score (nSPS) is 22.3. The van der Waals surface area contributed by atoms with Crippen molar-refractivity contribution in [2.45, 2.75) is 44.2 Å². The Bertz CT molecular complexity index is 690. The zero-order chi connectivity index (χ0) is 15.1.